The maximum absolute atomic E-state index is 13.5. The number of fused-ring (bicyclic) bond motifs is 1. The molecule has 1 unspecified atom stereocenters. The first-order chi connectivity index (χ1) is 15.8. The SMILES string of the molecule is CN(Cc1cccc(CN2CCOCC2)c1)CC(O)Cn1c(C(F)(F)F)nc2ccccc21. The number of morpholine rings is 1. The number of halogens is 3. The third-order valence-corrected chi connectivity index (χ3v) is 5.78. The summed E-state index contributed by atoms with van der Waals surface area (Å²) in [6, 6.07) is 14.7. The summed E-state index contributed by atoms with van der Waals surface area (Å²) in [5.41, 5.74) is 2.94. The lowest BCUT2D eigenvalue weighted by Crippen LogP contribution is -2.35. The Balaban J connectivity index is 1.39. The van der Waals surface area contributed by atoms with Gasteiger partial charge in [-0.3, -0.25) is 9.80 Å². The Morgan fingerprint density at radius 3 is 2.58 bits per heavy atom. The van der Waals surface area contributed by atoms with E-state index in [2.05, 4.69) is 22.0 Å². The van der Waals surface area contributed by atoms with Gasteiger partial charge < -0.3 is 14.4 Å². The van der Waals surface area contributed by atoms with Crippen molar-refractivity contribution in [2.75, 3.05) is 39.9 Å². The number of aliphatic hydroxyl groups is 1. The number of aliphatic hydroxyl groups excluding tert-OH is 1. The summed E-state index contributed by atoms with van der Waals surface area (Å²) in [7, 11) is 1.86. The quantitative estimate of drug-likeness (QED) is 0.556. The van der Waals surface area contributed by atoms with Gasteiger partial charge in [0.2, 0.25) is 5.82 Å². The highest BCUT2D eigenvalue weighted by Gasteiger charge is 2.38. The predicted octanol–water partition coefficient (Wildman–Crippen LogP) is 3.38. The fraction of sp³-hybridized carbons (Fsp3) is 0.458. The van der Waals surface area contributed by atoms with Crippen LogP contribution in [0.5, 0.6) is 0 Å². The number of aromatic nitrogens is 2. The number of rotatable bonds is 8. The zero-order chi connectivity index (χ0) is 23.4. The van der Waals surface area contributed by atoms with E-state index in [4.69, 9.17) is 4.74 Å². The monoisotopic (exact) mass is 462 g/mol. The molecule has 0 saturated carbocycles. The van der Waals surface area contributed by atoms with Crippen molar-refractivity contribution in [3.63, 3.8) is 0 Å². The molecule has 0 spiro atoms. The van der Waals surface area contributed by atoms with E-state index in [1.165, 1.54) is 5.56 Å². The van der Waals surface area contributed by atoms with E-state index in [0.717, 1.165) is 43.0 Å². The van der Waals surface area contributed by atoms with Gasteiger partial charge >= 0.3 is 6.18 Å². The van der Waals surface area contributed by atoms with Gasteiger partial charge in [0.1, 0.15) is 0 Å². The molecule has 1 saturated heterocycles. The highest BCUT2D eigenvalue weighted by atomic mass is 19.4. The number of hydrogen-bond donors (Lipinski definition) is 1. The van der Waals surface area contributed by atoms with Crippen LogP contribution in [0.2, 0.25) is 0 Å². The van der Waals surface area contributed by atoms with Crippen molar-refractivity contribution in [3.8, 4) is 0 Å². The first kappa shape index (κ1) is 23.7. The van der Waals surface area contributed by atoms with Gasteiger partial charge in [-0.2, -0.15) is 13.2 Å². The lowest BCUT2D eigenvalue weighted by atomic mass is 10.1. The molecule has 1 aliphatic rings. The number of para-hydroxylation sites is 2. The molecule has 1 atom stereocenters. The molecule has 0 aliphatic carbocycles. The van der Waals surface area contributed by atoms with Crippen molar-refractivity contribution in [2.45, 2.75) is 31.9 Å². The number of hydrogen-bond acceptors (Lipinski definition) is 5. The predicted molar refractivity (Wildman–Crippen MR) is 120 cm³/mol. The van der Waals surface area contributed by atoms with Gasteiger partial charge in [-0.15, -0.1) is 0 Å². The van der Waals surface area contributed by atoms with Crippen LogP contribution in [0.4, 0.5) is 13.2 Å². The minimum Gasteiger partial charge on any atom is -0.390 e. The molecule has 1 aromatic heterocycles. The molecule has 178 valence electrons. The Bertz CT molecular complexity index is 1060. The third kappa shape index (κ3) is 6.11. The lowest BCUT2D eigenvalue weighted by Gasteiger charge is -2.27. The van der Waals surface area contributed by atoms with Crippen molar-refractivity contribution in [1.82, 2.24) is 19.4 Å². The van der Waals surface area contributed by atoms with E-state index < -0.39 is 18.1 Å². The Morgan fingerprint density at radius 2 is 1.82 bits per heavy atom. The van der Waals surface area contributed by atoms with E-state index in [-0.39, 0.29) is 18.6 Å². The van der Waals surface area contributed by atoms with Gasteiger partial charge in [-0.25, -0.2) is 4.98 Å². The Hall–Kier alpha value is -2.46. The van der Waals surface area contributed by atoms with Gasteiger partial charge in [0.15, 0.2) is 0 Å². The minimum absolute atomic E-state index is 0.184. The average Bonchev–Trinajstić information content (AvgIpc) is 3.13. The molecule has 2 aromatic carbocycles. The van der Waals surface area contributed by atoms with Gasteiger partial charge in [0.25, 0.3) is 0 Å². The van der Waals surface area contributed by atoms with Crippen LogP contribution in [0.3, 0.4) is 0 Å². The molecule has 1 N–H and O–H groups in total. The van der Waals surface area contributed by atoms with Crippen molar-refractivity contribution in [1.29, 1.82) is 0 Å². The zero-order valence-corrected chi connectivity index (χ0v) is 18.6. The van der Waals surface area contributed by atoms with Crippen molar-refractivity contribution < 1.29 is 23.0 Å². The first-order valence-corrected chi connectivity index (χ1v) is 11.1. The average molecular weight is 463 g/mol. The number of benzene rings is 2. The number of likely N-dealkylation sites (N-methyl/N-ethyl adjacent to an activating group) is 1. The largest absolute Gasteiger partial charge is 0.449 e. The second-order valence-electron chi connectivity index (χ2n) is 8.59. The summed E-state index contributed by atoms with van der Waals surface area (Å²) < 4.78 is 47.0. The number of alkyl halides is 3. The molecule has 1 aliphatic heterocycles. The van der Waals surface area contributed by atoms with Crippen molar-refractivity contribution in [2.24, 2.45) is 0 Å². The molecule has 0 amide bonds. The molecular weight excluding hydrogens is 433 g/mol. The number of nitrogens with zero attached hydrogens (tertiary/aromatic N) is 4. The lowest BCUT2D eigenvalue weighted by molar-refractivity contribution is -0.147. The van der Waals surface area contributed by atoms with Gasteiger partial charge in [-0.1, -0.05) is 36.4 Å². The fourth-order valence-electron chi connectivity index (χ4n) is 4.33. The fourth-order valence-corrected chi connectivity index (χ4v) is 4.33. The van der Waals surface area contributed by atoms with Crippen LogP contribution in [0.25, 0.3) is 11.0 Å². The summed E-state index contributed by atoms with van der Waals surface area (Å²) >= 11 is 0. The second kappa shape index (κ2) is 10.2. The summed E-state index contributed by atoms with van der Waals surface area (Å²) in [6.07, 6.45) is -5.57. The smallest absolute Gasteiger partial charge is 0.390 e. The highest BCUT2D eigenvalue weighted by Crippen LogP contribution is 2.31. The molecular formula is C24H29F3N4O2. The molecule has 4 rings (SSSR count). The highest BCUT2D eigenvalue weighted by molar-refractivity contribution is 5.76. The zero-order valence-electron chi connectivity index (χ0n) is 18.6. The van der Waals surface area contributed by atoms with Crippen LogP contribution >= 0.6 is 0 Å². The summed E-state index contributed by atoms with van der Waals surface area (Å²) in [6.45, 7) is 4.83. The van der Waals surface area contributed by atoms with Crippen LogP contribution in [0, 0.1) is 0 Å². The van der Waals surface area contributed by atoms with Gasteiger partial charge in [0, 0.05) is 32.7 Å². The molecule has 33 heavy (non-hydrogen) atoms. The maximum atomic E-state index is 13.5. The molecule has 1 fully saturated rings. The number of ether oxygens (including phenoxy) is 1. The Morgan fingerprint density at radius 1 is 1.09 bits per heavy atom. The minimum atomic E-state index is -4.59. The second-order valence-corrected chi connectivity index (χ2v) is 8.59. The maximum Gasteiger partial charge on any atom is 0.449 e. The molecule has 3 aromatic rings. The van der Waals surface area contributed by atoms with Crippen LogP contribution in [-0.2, 0) is 30.5 Å². The Labute approximate surface area is 191 Å². The van der Waals surface area contributed by atoms with E-state index in [0.29, 0.717) is 12.1 Å². The molecule has 0 radical (unpaired) electrons. The van der Waals surface area contributed by atoms with Crippen LogP contribution in [-0.4, -0.2) is 70.5 Å². The van der Waals surface area contributed by atoms with E-state index in [1.807, 2.05) is 24.1 Å². The molecule has 2 heterocycles. The van der Waals surface area contributed by atoms with Crippen LogP contribution in [0.15, 0.2) is 48.5 Å². The number of imidazole rings is 1. The van der Waals surface area contributed by atoms with E-state index >= 15 is 0 Å². The summed E-state index contributed by atoms with van der Waals surface area (Å²) in [5.74, 6) is -0.985. The first-order valence-electron chi connectivity index (χ1n) is 11.1. The van der Waals surface area contributed by atoms with Crippen LogP contribution in [0.1, 0.15) is 17.0 Å². The van der Waals surface area contributed by atoms with Crippen LogP contribution < -0.4 is 0 Å². The standard InChI is InChI=1S/C24H29F3N4O2/c1-29(14-18-5-4-6-19(13-18)15-30-9-11-33-12-10-30)16-20(32)17-31-22-8-3-2-7-21(22)28-23(31)24(25,26)27/h2-8,13,20,32H,9-12,14-17H2,1H3. The third-order valence-electron chi connectivity index (χ3n) is 5.78. The Kier molecular flexibility index (Phi) is 7.33. The van der Waals surface area contributed by atoms with E-state index in [9.17, 15) is 18.3 Å². The summed E-state index contributed by atoms with van der Waals surface area (Å²) in [4.78, 5) is 8.02. The van der Waals surface area contributed by atoms with Gasteiger partial charge in [-0.05, 0) is 30.3 Å². The summed E-state index contributed by atoms with van der Waals surface area (Å²) in [5, 5.41) is 10.6. The normalized spacial score (nSPS) is 16.5. The molecule has 6 nitrogen and oxygen atoms in total. The van der Waals surface area contributed by atoms with E-state index in [1.54, 1.807) is 24.3 Å². The molecule has 0 bridgehead atoms. The van der Waals surface area contributed by atoms with Crippen molar-refractivity contribution in [3.05, 3.63) is 65.5 Å². The topological polar surface area (TPSA) is 53.8 Å². The van der Waals surface area contributed by atoms with Crippen molar-refractivity contribution >= 4 is 11.0 Å². The molecule has 9 heteroatoms. The van der Waals surface area contributed by atoms with Gasteiger partial charge in [0.05, 0.1) is 36.9 Å².